The average molecular weight is 191 g/mol. The SMILES string of the molecule is CCS(=O)(=O)CC(=NO)C1CC1. The summed E-state index contributed by atoms with van der Waals surface area (Å²) in [5.74, 6) is 0.250. The molecule has 0 spiro atoms. The first-order valence-corrected chi connectivity index (χ1v) is 5.82. The third-order valence-corrected chi connectivity index (χ3v) is 3.60. The number of hydrogen-bond donors (Lipinski definition) is 1. The Labute approximate surface area is 72.2 Å². The fourth-order valence-electron chi connectivity index (χ4n) is 0.972. The molecule has 0 radical (unpaired) electrons. The minimum Gasteiger partial charge on any atom is -0.411 e. The first kappa shape index (κ1) is 9.51. The highest BCUT2D eigenvalue weighted by atomic mass is 32.2. The van der Waals surface area contributed by atoms with Gasteiger partial charge in [-0.25, -0.2) is 8.42 Å². The number of hydrogen-bond acceptors (Lipinski definition) is 4. The summed E-state index contributed by atoms with van der Waals surface area (Å²) in [4.78, 5) is 0. The van der Waals surface area contributed by atoms with Crippen LogP contribution in [-0.2, 0) is 9.84 Å². The number of nitrogens with zero attached hydrogens (tertiary/aromatic N) is 1. The maximum Gasteiger partial charge on any atom is 0.155 e. The third kappa shape index (κ3) is 2.48. The molecule has 70 valence electrons. The standard InChI is InChI=1S/C7H13NO3S/c1-2-12(10,11)5-7(8-9)6-3-4-6/h6,9H,2-5H2,1H3. The summed E-state index contributed by atoms with van der Waals surface area (Å²) in [5.41, 5.74) is 0.428. The molecule has 0 aliphatic heterocycles. The van der Waals surface area contributed by atoms with Crippen molar-refractivity contribution in [2.24, 2.45) is 11.1 Å². The summed E-state index contributed by atoms with van der Waals surface area (Å²) in [6.07, 6.45) is 1.91. The predicted octanol–water partition coefficient (Wildman–Crippen LogP) is 0.661. The molecule has 1 aliphatic carbocycles. The summed E-state index contributed by atoms with van der Waals surface area (Å²) >= 11 is 0. The van der Waals surface area contributed by atoms with Gasteiger partial charge in [0, 0.05) is 11.7 Å². The second-order valence-corrected chi connectivity index (χ2v) is 5.40. The first-order valence-electron chi connectivity index (χ1n) is 4.00. The van der Waals surface area contributed by atoms with Crippen molar-refractivity contribution in [1.82, 2.24) is 0 Å². The van der Waals surface area contributed by atoms with E-state index in [1.54, 1.807) is 6.92 Å². The minimum absolute atomic E-state index is 0.0787. The van der Waals surface area contributed by atoms with Crippen molar-refractivity contribution in [2.45, 2.75) is 19.8 Å². The molecule has 12 heavy (non-hydrogen) atoms. The van der Waals surface area contributed by atoms with Gasteiger partial charge in [0.05, 0.1) is 11.5 Å². The molecule has 0 bridgehead atoms. The van der Waals surface area contributed by atoms with Crippen LogP contribution in [0.3, 0.4) is 0 Å². The lowest BCUT2D eigenvalue weighted by Crippen LogP contribution is -2.19. The highest BCUT2D eigenvalue weighted by Crippen LogP contribution is 2.31. The van der Waals surface area contributed by atoms with Gasteiger partial charge in [-0.1, -0.05) is 12.1 Å². The van der Waals surface area contributed by atoms with Crippen molar-refractivity contribution in [1.29, 1.82) is 0 Å². The zero-order valence-corrected chi connectivity index (χ0v) is 7.84. The van der Waals surface area contributed by atoms with Gasteiger partial charge in [-0.3, -0.25) is 0 Å². The van der Waals surface area contributed by atoms with E-state index in [9.17, 15) is 8.42 Å². The van der Waals surface area contributed by atoms with Crippen molar-refractivity contribution in [3.63, 3.8) is 0 Å². The minimum atomic E-state index is -3.03. The highest BCUT2D eigenvalue weighted by Gasteiger charge is 2.30. The molecule has 0 saturated heterocycles. The molecule has 0 aromatic rings. The van der Waals surface area contributed by atoms with Gasteiger partial charge in [-0.05, 0) is 12.8 Å². The summed E-state index contributed by atoms with van der Waals surface area (Å²) < 4.78 is 22.2. The van der Waals surface area contributed by atoms with Crippen LogP contribution in [0.5, 0.6) is 0 Å². The van der Waals surface area contributed by atoms with E-state index in [0.717, 1.165) is 12.8 Å². The molecule has 0 atom stereocenters. The topological polar surface area (TPSA) is 66.7 Å². The molecule has 1 aliphatic rings. The van der Waals surface area contributed by atoms with Gasteiger partial charge < -0.3 is 5.21 Å². The van der Waals surface area contributed by atoms with Crippen LogP contribution >= 0.6 is 0 Å². The molecule has 0 unspecified atom stereocenters. The molecule has 1 N–H and O–H groups in total. The molecular formula is C7H13NO3S. The van der Waals surface area contributed by atoms with Crippen LogP contribution in [0, 0.1) is 5.92 Å². The monoisotopic (exact) mass is 191 g/mol. The van der Waals surface area contributed by atoms with Crippen molar-refractivity contribution in [3.8, 4) is 0 Å². The molecule has 5 heteroatoms. The lowest BCUT2D eigenvalue weighted by atomic mass is 10.3. The normalized spacial score (nSPS) is 19.6. The second kappa shape index (κ2) is 3.43. The zero-order valence-electron chi connectivity index (χ0n) is 7.02. The zero-order chi connectivity index (χ0) is 9.19. The Bertz CT molecular complexity index is 277. The quantitative estimate of drug-likeness (QED) is 0.403. The summed E-state index contributed by atoms with van der Waals surface area (Å²) in [6.45, 7) is 1.59. The van der Waals surface area contributed by atoms with Gasteiger partial charge in [-0.15, -0.1) is 0 Å². The Hall–Kier alpha value is -0.580. The van der Waals surface area contributed by atoms with Crippen LogP contribution in [0.15, 0.2) is 5.16 Å². The largest absolute Gasteiger partial charge is 0.411 e. The highest BCUT2D eigenvalue weighted by molar-refractivity contribution is 7.92. The molecule has 0 heterocycles. The maximum atomic E-state index is 11.1. The second-order valence-electron chi connectivity index (χ2n) is 3.04. The van der Waals surface area contributed by atoms with Gasteiger partial charge in [-0.2, -0.15) is 0 Å². The Morgan fingerprint density at radius 1 is 1.58 bits per heavy atom. The van der Waals surface area contributed by atoms with E-state index in [-0.39, 0.29) is 17.4 Å². The van der Waals surface area contributed by atoms with E-state index >= 15 is 0 Å². The van der Waals surface area contributed by atoms with Gasteiger partial charge in [0.1, 0.15) is 0 Å². The van der Waals surface area contributed by atoms with Crippen molar-refractivity contribution >= 4 is 15.5 Å². The van der Waals surface area contributed by atoms with Crippen LogP contribution in [0.1, 0.15) is 19.8 Å². The molecule has 0 aromatic heterocycles. The maximum absolute atomic E-state index is 11.1. The Morgan fingerprint density at radius 3 is 2.50 bits per heavy atom. The van der Waals surface area contributed by atoms with Crippen LogP contribution in [0.25, 0.3) is 0 Å². The number of oxime groups is 1. The molecule has 1 saturated carbocycles. The Morgan fingerprint density at radius 2 is 2.17 bits per heavy atom. The number of rotatable bonds is 4. The van der Waals surface area contributed by atoms with E-state index in [1.807, 2.05) is 0 Å². The molecule has 0 aromatic carbocycles. The predicted molar refractivity (Wildman–Crippen MR) is 46.3 cm³/mol. The van der Waals surface area contributed by atoms with Crippen LogP contribution in [0.4, 0.5) is 0 Å². The van der Waals surface area contributed by atoms with Crippen molar-refractivity contribution in [2.75, 3.05) is 11.5 Å². The van der Waals surface area contributed by atoms with E-state index in [4.69, 9.17) is 5.21 Å². The van der Waals surface area contributed by atoms with Crippen LogP contribution < -0.4 is 0 Å². The third-order valence-electron chi connectivity index (χ3n) is 1.98. The lowest BCUT2D eigenvalue weighted by Gasteiger charge is -2.01. The van der Waals surface area contributed by atoms with Gasteiger partial charge in [0.25, 0.3) is 0 Å². The fourth-order valence-corrected chi connectivity index (χ4v) is 1.92. The summed E-state index contributed by atoms with van der Waals surface area (Å²) in [7, 11) is -3.03. The van der Waals surface area contributed by atoms with E-state index in [2.05, 4.69) is 5.16 Å². The molecular weight excluding hydrogens is 178 g/mol. The van der Waals surface area contributed by atoms with Gasteiger partial charge >= 0.3 is 0 Å². The van der Waals surface area contributed by atoms with Gasteiger partial charge in [0.2, 0.25) is 0 Å². The lowest BCUT2D eigenvalue weighted by molar-refractivity contribution is 0.317. The molecule has 0 amide bonds. The summed E-state index contributed by atoms with van der Waals surface area (Å²) in [6, 6.07) is 0. The Kier molecular flexibility index (Phi) is 2.72. The molecule has 1 rings (SSSR count). The van der Waals surface area contributed by atoms with Crippen LogP contribution in [-0.4, -0.2) is 30.8 Å². The molecule has 4 nitrogen and oxygen atoms in total. The average Bonchev–Trinajstić information content (AvgIpc) is 2.83. The fraction of sp³-hybridized carbons (Fsp3) is 0.857. The van der Waals surface area contributed by atoms with E-state index in [0.29, 0.717) is 5.71 Å². The molecule has 1 fully saturated rings. The van der Waals surface area contributed by atoms with E-state index in [1.165, 1.54) is 0 Å². The van der Waals surface area contributed by atoms with Gasteiger partial charge in [0.15, 0.2) is 9.84 Å². The summed E-state index contributed by atoms with van der Waals surface area (Å²) in [5, 5.41) is 11.5. The first-order chi connectivity index (χ1) is 5.59. The van der Waals surface area contributed by atoms with E-state index < -0.39 is 9.84 Å². The van der Waals surface area contributed by atoms with Crippen molar-refractivity contribution < 1.29 is 13.6 Å². The number of sulfone groups is 1. The smallest absolute Gasteiger partial charge is 0.155 e. The Balaban J connectivity index is 2.59. The van der Waals surface area contributed by atoms with Crippen molar-refractivity contribution in [3.05, 3.63) is 0 Å². The van der Waals surface area contributed by atoms with Crippen LogP contribution in [0.2, 0.25) is 0 Å².